The van der Waals surface area contributed by atoms with Crippen LogP contribution in [0.1, 0.15) is 22.3 Å². The van der Waals surface area contributed by atoms with Crippen molar-refractivity contribution in [1.82, 2.24) is 9.97 Å². The lowest BCUT2D eigenvalue weighted by Gasteiger charge is -2.34. The van der Waals surface area contributed by atoms with Gasteiger partial charge in [0.15, 0.2) is 5.82 Å². The van der Waals surface area contributed by atoms with Crippen LogP contribution >= 0.6 is 11.3 Å². The number of aromatic nitrogens is 2. The van der Waals surface area contributed by atoms with Gasteiger partial charge in [-0.3, -0.25) is 0 Å². The van der Waals surface area contributed by atoms with Crippen molar-refractivity contribution < 1.29 is 0 Å². The van der Waals surface area contributed by atoms with Crippen molar-refractivity contribution in [2.75, 3.05) is 0 Å². The van der Waals surface area contributed by atoms with Gasteiger partial charge < -0.3 is 0 Å². The maximum absolute atomic E-state index is 5.28. The van der Waals surface area contributed by atoms with Crippen molar-refractivity contribution >= 4 is 31.5 Å². The lowest BCUT2D eigenvalue weighted by atomic mass is 9.67. The SMILES string of the molecule is c1ccc(-c2nc(-c3cccc(-c4cccc5c4-c4ccccc4C5(c4ccccc4)c4ccccc4)c3)cc(-c3cccc(-c4cccc5sc6ccccc6c45)c3)n2)cc1. The average Bonchev–Trinajstić information content (AvgIpc) is 3.89. The normalized spacial score (nSPS) is 12.6. The van der Waals surface area contributed by atoms with Gasteiger partial charge in [-0.05, 0) is 86.0 Å². The number of thiophene rings is 1. The van der Waals surface area contributed by atoms with Crippen LogP contribution in [0.5, 0.6) is 0 Å². The third-order valence-corrected chi connectivity index (χ3v) is 13.7. The van der Waals surface area contributed by atoms with Gasteiger partial charge in [-0.25, -0.2) is 9.97 Å². The van der Waals surface area contributed by atoms with Crippen molar-refractivity contribution in [1.29, 1.82) is 0 Å². The standard InChI is InChI=1S/C59H38N2S/c1-4-18-39(19-5-1)58-60-52(38-53(61-58)43-23-15-21-41(37-43)47-31-17-35-55-57(47)49-29-11-13-34-54(49)62-55)42-22-14-20-40(36-42)46-30-16-33-51-56(46)48-28-10-12-32-50(48)59(51,44-24-6-2-7-25-44)45-26-8-3-9-27-45/h1-38H. The molecule has 2 aromatic heterocycles. The van der Waals surface area contributed by atoms with E-state index in [1.165, 1.54) is 70.2 Å². The Kier molecular flexibility index (Phi) is 8.62. The molecule has 2 heterocycles. The predicted octanol–water partition coefficient (Wildman–Crippen LogP) is 15.5. The Balaban J connectivity index is 1.02. The molecule has 0 saturated carbocycles. The molecule has 0 atom stereocenters. The van der Waals surface area contributed by atoms with E-state index in [9.17, 15) is 0 Å². The number of benzene rings is 9. The smallest absolute Gasteiger partial charge is 0.160 e. The molecule has 11 aromatic rings. The molecule has 2 nitrogen and oxygen atoms in total. The molecule has 62 heavy (non-hydrogen) atoms. The average molecular weight is 807 g/mol. The summed E-state index contributed by atoms with van der Waals surface area (Å²) in [5.41, 5.74) is 16.7. The summed E-state index contributed by atoms with van der Waals surface area (Å²) in [5, 5.41) is 2.60. The van der Waals surface area contributed by atoms with Crippen LogP contribution < -0.4 is 0 Å². The van der Waals surface area contributed by atoms with Crippen LogP contribution in [0.25, 0.3) is 87.5 Å². The summed E-state index contributed by atoms with van der Waals surface area (Å²) >= 11 is 1.85. The van der Waals surface area contributed by atoms with E-state index < -0.39 is 5.41 Å². The first kappa shape index (κ1) is 36.2. The Bertz CT molecular complexity index is 3420. The molecule has 0 amide bonds. The third kappa shape index (κ3) is 5.78. The van der Waals surface area contributed by atoms with E-state index >= 15 is 0 Å². The minimum absolute atomic E-state index is 0.467. The fourth-order valence-corrected chi connectivity index (χ4v) is 11.0. The third-order valence-electron chi connectivity index (χ3n) is 12.6. The Hall–Kier alpha value is -7.72. The highest BCUT2D eigenvalue weighted by Crippen LogP contribution is 2.58. The zero-order valence-corrected chi connectivity index (χ0v) is 34.6. The summed E-state index contributed by atoms with van der Waals surface area (Å²) in [6.45, 7) is 0. The first-order valence-electron chi connectivity index (χ1n) is 21.1. The maximum atomic E-state index is 5.28. The fraction of sp³-hybridized carbons (Fsp3) is 0.0169. The highest BCUT2D eigenvalue weighted by Gasteiger charge is 2.46. The highest BCUT2D eigenvalue weighted by atomic mass is 32.1. The second-order valence-corrected chi connectivity index (χ2v) is 17.1. The van der Waals surface area contributed by atoms with Crippen LogP contribution in [0.3, 0.4) is 0 Å². The Morgan fingerprint density at radius 2 is 0.823 bits per heavy atom. The van der Waals surface area contributed by atoms with Crippen LogP contribution in [0, 0.1) is 0 Å². The van der Waals surface area contributed by atoms with E-state index in [0.717, 1.165) is 33.6 Å². The number of fused-ring (bicyclic) bond motifs is 6. The number of hydrogen-bond acceptors (Lipinski definition) is 3. The van der Waals surface area contributed by atoms with Crippen molar-refractivity contribution in [3.63, 3.8) is 0 Å². The molecule has 0 N–H and O–H groups in total. The van der Waals surface area contributed by atoms with Crippen LogP contribution in [0.15, 0.2) is 231 Å². The van der Waals surface area contributed by atoms with Gasteiger partial charge in [-0.2, -0.15) is 0 Å². The van der Waals surface area contributed by atoms with Gasteiger partial charge in [-0.15, -0.1) is 11.3 Å². The van der Waals surface area contributed by atoms with Crippen molar-refractivity contribution in [3.05, 3.63) is 253 Å². The number of rotatable bonds is 7. The zero-order valence-electron chi connectivity index (χ0n) is 33.7. The van der Waals surface area contributed by atoms with Gasteiger partial charge in [-0.1, -0.05) is 200 Å². The van der Waals surface area contributed by atoms with Gasteiger partial charge in [0, 0.05) is 36.9 Å². The van der Waals surface area contributed by atoms with Crippen molar-refractivity contribution in [3.8, 4) is 67.3 Å². The van der Waals surface area contributed by atoms with E-state index in [0.29, 0.717) is 5.82 Å². The topological polar surface area (TPSA) is 25.8 Å². The second-order valence-electron chi connectivity index (χ2n) is 16.0. The van der Waals surface area contributed by atoms with Crippen molar-refractivity contribution in [2.45, 2.75) is 5.41 Å². The molecule has 0 radical (unpaired) electrons. The quantitative estimate of drug-likeness (QED) is 0.160. The molecule has 0 aliphatic heterocycles. The van der Waals surface area contributed by atoms with E-state index in [1.54, 1.807) is 0 Å². The van der Waals surface area contributed by atoms with Crippen LogP contribution in [-0.2, 0) is 5.41 Å². The molecular formula is C59H38N2S. The molecule has 290 valence electrons. The maximum Gasteiger partial charge on any atom is 0.160 e. The number of nitrogens with zero attached hydrogens (tertiary/aromatic N) is 2. The van der Waals surface area contributed by atoms with E-state index in [4.69, 9.17) is 9.97 Å². The Morgan fingerprint density at radius 3 is 1.53 bits per heavy atom. The molecule has 12 rings (SSSR count). The summed E-state index contributed by atoms with van der Waals surface area (Å²) < 4.78 is 2.60. The molecule has 1 aliphatic rings. The Labute approximate surface area is 365 Å². The Morgan fingerprint density at radius 1 is 0.339 bits per heavy atom. The van der Waals surface area contributed by atoms with E-state index in [1.807, 2.05) is 17.4 Å². The zero-order chi connectivity index (χ0) is 41.0. The minimum atomic E-state index is -0.467. The van der Waals surface area contributed by atoms with Crippen LogP contribution in [0.2, 0.25) is 0 Å². The van der Waals surface area contributed by atoms with Gasteiger partial charge in [0.25, 0.3) is 0 Å². The monoisotopic (exact) mass is 806 g/mol. The second kappa shape index (κ2) is 14.8. The lowest BCUT2D eigenvalue weighted by Crippen LogP contribution is -2.28. The molecule has 3 heteroatoms. The largest absolute Gasteiger partial charge is 0.228 e. The summed E-state index contributed by atoms with van der Waals surface area (Å²) in [6.07, 6.45) is 0. The number of hydrogen-bond donors (Lipinski definition) is 0. The summed E-state index contributed by atoms with van der Waals surface area (Å²) in [4.78, 5) is 10.5. The molecule has 0 unspecified atom stereocenters. The van der Waals surface area contributed by atoms with Crippen LogP contribution in [-0.4, -0.2) is 9.97 Å². The van der Waals surface area contributed by atoms with Gasteiger partial charge in [0.1, 0.15) is 0 Å². The van der Waals surface area contributed by atoms with E-state index in [2.05, 4.69) is 224 Å². The molecule has 0 fully saturated rings. The van der Waals surface area contributed by atoms with Crippen LogP contribution in [0.4, 0.5) is 0 Å². The molecule has 0 bridgehead atoms. The van der Waals surface area contributed by atoms with Gasteiger partial charge in [0.05, 0.1) is 16.8 Å². The molecule has 0 saturated heterocycles. The molecule has 0 spiro atoms. The lowest BCUT2D eigenvalue weighted by molar-refractivity contribution is 0.768. The van der Waals surface area contributed by atoms with Gasteiger partial charge >= 0.3 is 0 Å². The minimum Gasteiger partial charge on any atom is -0.228 e. The summed E-state index contributed by atoms with van der Waals surface area (Å²) in [7, 11) is 0. The highest BCUT2D eigenvalue weighted by molar-refractivity contribution is 7.25. The fourth-order valence-electron chi connectivity index (χ4n) is 9.90. The van der Waals surface area contributed by atoms with E-state index in [-0.39, 0.29) is 0 Å². The predicted molar refractivity (Wildman–Crippen MR) is 259 cm³/mol. The summed E-state index contributed by atoms with van der Waals surface area (Å²) in [6, 6.07) is 83.4. The van der Waals surface area contributed by atoms with Crippen molar-refractivity contribution in [2.24, 2.45) is 0 Å². The first-order chi connectivity index (χ1) is 30.7. The first-order valence-corrected chi connectivity index (χ1v) is 22.0. The summed E-state index contributed by atoms with van der Waals surface area (Å²) in [5.74, 6) is 0.699. The molecule has 1 aliphatic carbocycles. The van der Waals surface area contributed by atoms with Gasteiger partial charge in [0.2, 0.25) is 0 Å². The molecule has 9 aromatic carbocycles. The molecular weight excluding hydrogens is 769 g/mol.